The second-order valence-electron chi connectivity index (χ2n) is 11.1. The van der Waals surface area contributed by atoms with Crippen molar-refractivity contribution >= 4 is 21.9 Å². The van der Waals surface area contributed by atoms with E-state index in [4.69, 9.17) is 4.42 Å². The van der Waals surface area contributed by atoms with Crippen LogP contribution in [-0.4, -0.2) is 0 Å². The molecule has 1 fully saturated rings. The Morgan fingerprint density at radius 1 is 0.811 bits per heavy atom. The lowest BCUT2D eigenvalue weighted by Crippen LogP contribution is -2.30. The van der Waals surface area contributed by atoms with E-state index in [1.54, 1.807) is 17.7 Å². The Kier molecular flexibility index (Phi) is 5.42. The van der Waals surface area contributed by atoms with Crippen LogP contribution in [0.2, 0.25) is 0 Å². The molecule has 2 aromatic heterocycles. The molecule has 186 valence electrons. The average Bonchev–Trinajstić information content (AvgIpc) is 3.54. The van der Waals surface area contributed by atoms with Gasteiger partial charge >= 0.3 is 0 Å². The van der Waals surface area contributed by atoms with Gasteiger partial charge in [-0.05, 0) is 91.0 Å². The highest BCUT2D eigenvalue weighted by Crippen LogP contribution is 2.45. The molecule has 2 aliphatic carbocycles. The van der Waals surface area contributed by atoms with Gasteiger partial charge in [0.2, 0.25) is 5.69 Å². The van der Waals surface area contributed by atoms with Crippen molar-refractivity contribution in [2.75, 3.05) is 0 Å². The third-order valence-electron chi connectivity index (χ3n) is 8.88. The van der Waals surface area contributed by atoms with E-state index in [-0.39, 0.29) is 5.82 Å². The smallest absolute Gasteiger partial charge is 0.216 e. The molecule has 0 aliphatic heterocycles. The maximum Gasteiger partial charge on any atom is 0.216 e. The number of pyridine rings is 1. The fourth-order valence-corrected chi connectivity index (χ4v) is 7.09. The van der Waals surface area contributed by atoms with Crippen LogP contribution in [0.1, 0.15) is 66.7 Å². The van der Waals surface area contributed by atoms with Gasteiger partial charge in [0.25, 0.3) is 0 Å². The van der Waals surface area contributed by atoms with Crippen molar-refractivity contribution in [1.29, 1.82) is 0 Å². The Morgan fingerprint density at radius 3 is 2.49 bits per heavy atom. The molecule has 3 aromatic carbocycles. The molecule has 0 spiro atoms. The molecule has 0 amide bonds. The molecule has 0 unspecified atom stereocenters. The van der Waals surface area contributed by atoms with Crippen molar-refractivity contribution < 1.29 is 13.4 Å². The topological polar surface area (TPSA) is 17.0 Å². The van der Waals surface area contributed by atoms with Crippen molar-refractivity contribution in [1.82, 2.24) is 0 Å². The molecule has 0 bridgehead atoms. The SMILES string of the molecule is Cc1ccc2c(oc3c(-c4ccc(C5CCCCC5)c5c4CCC5)cc(F)cc32)c1-c1cccc[n+]1C. The summed E-state index contributed by atoms with van der Waals surface area (Å²) < 4.78 is 24.1. The van der Waals surface area contributed by atoms with Crippen LogP contribution in [0.4, 0.5) is 4.39 Å². The first-order valence-electron chi connectivity index (χ1n) is 13.9. The second-order valence-corrected chi connectivity index (χ2v) is 11.1. The molecule has 3 heteroatoms. The number of hydrogen-bond acceptors (Lipinski definition) is 1. The van der Waals surface area contributed by atoms with Gasteiger partial charge in [-0.1, -0.05) is 43.5 Å². The van der Waals surface area contributed by atoms with Gasteiger partial charge in [0.15, 0.2) is 6.20 Å². The number of benzene rings is 3. The number of halogens is 1. The molecule has 37 heavy (non-hydrogen) atoms. The minimum atomic E-state index is -0.208. The Labute approximate surface area is 217 Å². The molecular weight excluding hydrogens is 457 g/mol. The normalized spacial score (nSPS) is 16.1. The van der Waals surface area contributed by atoms with Crippen molar-refractivity contribution in [2.45, 2.75) is 64.2 Å². The van der Waals surface area contributed by atoms with Crippen LogP contribution < -0.4 is 4.57 Å². The summed E-state index contributed by atoms with van der Waals surface area (Å²) in [6.07, 6.45) is 12.1. The molecule has 0 N–H and O–H groups in total. The Hall–Kier alpha value is -3.46. The molecule has 5 aromatic rings. The van der Waals surface area contributed by atoms with E-state index in [2.05, 4.69) is 61.1 Å². The van der Waals surface area contributed by atoms with E-state index >= 15 is 4.39 Å². The van der Waals surface area contributed by atoms with Crippen LogP contribution >= 0.6 is 0 Å². The van der Waals surface area contributed by atoms with Gasteiger partial charge in [0, 0.05) is 28.5 Å². The van der Waals surface area contributed by atoms with Crippen LogP contribution in [0.5, 0.6) is 0 Å². The summed E-state index contributed by atoms with van der Waals surface area (Å²) in [5, 5.41) is 1.82. The number of fused-ring (bicyclic) bond motifs is 4. The van der Waals surface area contributed by atoms with Gasteiger partial charge in [-0.3, -0.25) is 0 Å². The third-order valence-corrected chi connectivity index (χ3v) is 8.88. The quantitative estimate of drug-likeness (QED) is 0.231. The van der Waals surface area contributed by atoms with Crippen LogP contribution in [-0.2, 0) is 19.9 Å². The standard InChI is InChI=1S/C34H33FNO/c1-21-14-15-28-30-20-23(35)19-29(33(30)37-34(28)32(21)31-13-6-7-18-36(31)2)27-17-16-24(22-9-4-3-5-10-22)25-11-8-12-26(25)27/h6-7,13-20,22H,3-5,8-12H2,1-2H3/q+1. The summed E-state index contributed by atoms with van der Waals surface area (Å²) in [5.74, 6) is 0.478. The number of aryl methyl sites for hydroxylation is 2. The number of rotatable bonds is 3. The Bertz CT molecular complexity index is 1670. The molecule has 2 heterocycles. The zero-order valence-corrected chi connectivity index (χ0v) is 21.7. The summed E-state index contributed by atoms with van der Waals surface area (Å²) in [6, 6.07) is 18.4. The first-order chi connectivity index (χ1) is 18.1. The van der Waals surface area contributed by atoms with E-state index in [9.17, 15) is 0 Å². The summed E-state index contributed by atoms with van der Waals surface area (Å²) in [4.78, 5) is 0. The highest BCUT2D eigenvalue weighted by Gasteiger charge is 2.27. The summed E-state index contributed by atoms with van der Waals surface area (Å²) in [7, 11) is 2.05. The van der Waals surface area contributed by atoms with E-state index in [0.717, 1.165) is 62.7 Å². The van der Waals surface area contributed by atoms with Crippen LogP contribution in [0.15, 0.2) is 65.2 Å². The average molecular weight is 491 g/mol. The van der Waals surface area contributed by atoms with Crippen LogP contribution in [0.25, 0.3) is 44.3 Å². The zero-order valence-electron chi connectivity index (χ0n) is 21.7. The third kappa shape index (κ3) is 3.62. The van der Waals surface area contributed by atoms with E-state index in [1.165, 1.54) is 49.7 Å². The van der Waals surface area contributed by atoms with Crippen molar-refractivity contribution in [3.05, 3.63) is 88.9 Å². The molecule has 2 aliphatic rings. The maximum absolute atomic E-state index is 15.2. The molecule has 0 radical (unpaired) electrons. The monoisotopic (exact) mass is 490 g/mol. The van der Waals surface area contributed by atoms with Gasteiger partial charge in [0.1, 0.15) is 24.0 Å². The van der Waals surface area contributed by atoms with Crippen LogP contribution in [0, 0.1) is 12.7 Å². The second kappa shape index (κ2) is 8.83. The lowest BCUT2D eigenvalue weighted by atomic mass is 9.80. The van der Waals surface area contributed by atoms with E-state index in [1.807, 2.05) is 6.07 Å². The van der Waals surface area contributed by atoms with E-state index < -0.39 is 0 Å². The predicted molar refractivity (Wildman–Crippen MR) is 148 cm³/mol. The summed E-state index contributed by atoms with van der Waals surface area (Å²) in [6.45, 7) is 2.12. The highest BCUT2D eigenvalue weighted by atomic mass is 19.1. The van der Waals surface area contributed by atoms with Crippen molar-refractivity contribution in [2.24, 2.45) is 7.05 Å². The van der Waals surface area contributed by atoms with Gasteiger partial charge in [-0.25, -0.2) is 8.96 Å². The highest BCUT2D eigenvalue weighted by molar-refractivity contribution is 6.13. The lowest BCUT2D eigenvalue weighted by Gasteiger charge is -2.25. The first kappa shape index (κ1) is 22.7. The fourth-order valence-electron chi connectivity index (χ4n) is 7.09. The molecule has 7 rings (SSSR count). The molecule has 0 saturated heterocycles. The number of furan rings is 1. The van der Waals surface area contributed by atoms with Crippen molar-refractivity contribution in [3.8, 4) is 22.4 Å². The predicted octanol–water partition coefficient (Wildman–Crippen LogP) is 8.73. The molecule has 1 saturated carbocycles. The largest absolute Gasteiger partial charge is 0.454 e. The molecular formula is C34H33FNO+. The minimum absolute atomic E-state index is 0.208. The lowest BCUT2D eigenvalue weighted by molar-refractivity contribution is -0.660. The van der Waals surface area contributed by atoms with Crippen LogP contribution in [0.3, 0.4) is 0 Å². The molecule has 2 nitrogen and oxygen atoms in total. The number of aromatic nitrogens is 1. The van der Waals surface area contributed by atoms with Crippen molar-refractivity contribution in [3.63, 3.8) is 0 Å². The summed E-state index contributed by atoms with van der Waals surface area (Å²) >= 11 is 0. The summed E-state index contributed by atoms with van der Waals surface area (Å²) in [5.41, 5.74) is 11.5. The Balaban J connectivity index is 1.47. The van der Waals surface area contributed by atoms with Gasteiger partial charge in [-0.2, -0.15) is 0 Å². The van der Waals surface area contributed by atoms with E-state index in [0.29, 0.717) is 5.92 Å². The maximum atomic E-state index is 15.2. The number of hydrogen-bond donors (Lipinski definition) is 0. The Morgan fingerprint density at radius 2 is 1.65 bits per heavy atom. The number of nitrogens with zero attached hydrogens (tertiary/aromatic N) is 1. The minimum Gasteiger partial charge on any atom is -0.454 e. The van der Waals surface area contributed by atoms with Gasteiger partial charge < -0.3 is 4.42 Å². The molecule has 0 atom stereocenters. The van der Waals surface area contributed by atoms with Gasteiger partial charge in [0.05, 0.1) is 5.56 Å². The fraction of sp³-hybridized carbons (Fsp3) is 0.324. The zero-order chi connectivity index (χ0) is 25.1. The van der Waals surface area contributed by atoms with Gasteiger partial charge in [-0.15, -0.1) is 0 Å². The first-order valence-corrected chi connectivity index (χ1v) is 13.9.